The molecule has 1 saturated heterocycles. The minimum absolute atomic E-state index is 0.0582. The first-order valence-corrected chi connectivity index (χ1v) is 7.23. The molecule has 5 heteroatoms. The van der Waals surface area contributed by atoms with Crippen LogP contribution in [0, 0.1) is 11.3 Å². The van der Waals surface area contributed by atoms with Crippen LogP contribution >= 0.6 is 0 Å². The number of carbonyl (C=O) groups is 1. The van der Waals surface area contributed by atoms with Crippen molar-refractivity contribution in [3.63, 3.8) is 0 Å². The maximum atomic E-state index is 12.4. The molecule has 21 heavy (non-hydrogen) atoms. The summed E-state index contributed by atoms with van der Waals surface area (Å²) in [4.78, 5) is 16.8. The lowest BCUT2D eigenvalue weighted by atomic mass is 10.2. The van der Waals surface area contributed by atoms with E-state index in [1.807, 2.05) is 13.0 Å². The van der Waals surface area contributed by atoms with E-state index in [0.717, 1.165) is 19.5 Å². The van der Waals surface area contributed by atoms with Gasteiger partial charge in [0.2, 0.25) is 5.91 Å². The Morgan fingerprint density at radius 2 is 2.19 bits per heavy atom. The number of amides is 1. The van der Waals surface area contributed by atoms with Crippen molar-refractivity contribution in [2.45, 2.75) is 25.4 Å². The Kier molecular flexibility index (Phi) is 4.94. The van der Waals surface area contributed by atoms with Crippen molar-refractivity contribution in [3.05, 3.63) is 29.8 Å². The summed E-state index contributed by atoms with van der Waals surface area (Å²) in [5, 5.41) is 11.9. The number of hydrogen-bond donors (Lipinski definition) is 1. The molecule has 112 valence electrons. The topological polar surface area (TPSA) is 59.4 Å². The van der Waals surface area contributed by atoms with Crippen molar-refractivity contribution in [2.75, 3.05) is 32.5 Å². The Morgan fingerprint density at radius 3 is 2.81 bits per heavy atom. The highest BCUT2D eigenvalue weighted by Crippen LogP contribution is 2.18. The number of rotatable bonds is 4. The first-order chi connectivity index (χ1) is 10.0. The minimum Gasteiger partial charge on any atom is -0.324 e. The van der Waals surface area contributed by atoms with Gasteiger partial charge in [0, 0.05) is 19.1 Å². The number of anilines is 1. The lowest BCUT2D eigenvalue weighted by Gasteiger charge is -2.25. The van der Waals surface area contributed by atoms with Crippen molar-refractivity contribution in [3.8, 4) is 6.07 Å². The lowest BCUT2D eigenvalue weighted by molar-refractivity contribution is -0.120. The van der Waals surface area contributed by atoms with E-state index in [4.69, 9.17) is 5.26 Å². The molecule has 0 bridgehead atoms. The third-order valence-electron chi connectivity index (χ3n) is 4.16. The van der Waals surface area contributed by atoms with Gasteiger partial charge < -0.3 is 10.2 Å². The highest BCUT2D eigenvalue weighted by molar-refractivity contribution is 5.95. The van der Waals surface area contributed by atoms with Gasteiger partial charge in [-0.15, -0.1) is 0 Å². The van der Waals surface area contributed by atoms with Crippen molar-refractivity contribution in [1.29, 1.82) is 5.26 Å². The van der Waals surface area contributed by atoms with Crippen LogP contribution in [0.3, 0.4) is 0 Å². The second kappa shape index (κ2) is 6.70. The molecule has 5 nitrogen and oxygen atoms in total. The van der Waals surface area contributed by atoms with Crippen molar-refractivity contribution < 1.29 is 4.79 Å². The van der Waals surface area contributed by atoms with Gasteiger partial charge in [-0.2, -0.15) is 5.26 Å². The highest BCUT2D eigenvalue weighted by atomic mass is 16.2. The van der Waals surface area contributed by atoms with Gasteiger partial charge in [0.1, 0.15) is 6.07 Å². The number of para-hydroxylation sites is 1. The Morgan fingerprint density at radius 1 is 1.48 bits per heavy atom. The molecule has 0 aromatic heterocycles. The highest BCUT2D eigenvalue weighted by Gasteiger charge is 2.30. The fraction of sp³-hybridized carbons (Fsp3) is 0.500. The molecular weight excluding hydrogens is 264 g/mol. The van der Waals surface area contributed by atoms with E-state index in [-0.39, 0.29) is 11.9 Å². The average Bonchev–Trinajstić information content (AvgIpc) is 2.97. The number of likely N-dealkylation sites (tertiary alicyclic amines) is 1. The number of nitriles is 1. The molecule has 1 fully saturated rings. The normalized spacial score (nSPS) is 20.2. The largest absolute Gasteiger partial charge is 0.324 e. The predicted molar refractivity (Wildman–Crippen MR) is 82.9 cm³/mol. The van der Waals surface area contributed by atoms with Crippen LogP contribution in [0.1, 0.15) is 18.9 Å². The molecule has 2 rings (SSSR count). The molecule has 0 spiro atoms. The Labute approximate surface area is 126 Å². The molecule has 1 aliphatic heterocycles. The van der Waals surface area contributed by atoms with Crippen LogP contribution in [0.5, 0.6) is 0 Å². The van der Waals surface area contributed by atoms with Gasteiger partial charge in [-0.25, -0.2) is 0 Å². The molecule has 1 aliphatic rings. The van der Waals surface area contributed by atoms with Gasteiger partial charge in [-0.3, -0.25) is 9.69 Å². The molecular formula is C16H22N4O. The monoisotopic (exact) mass is 286 g/mol. The van der Waals surface area contributed by atoms with Gasteiger partial charge in [0.25, 0.3) is 0 Å². The van der Waals surface area contributed by atoms with Gasteiger partial charge in [0.15, 0.2) is 0 Å². The van der Waals surface area contributed by atoms with Crippen LogP contribution in [0.4, 0.5) is 5.69 Å². The van der Waals surface area contributed by atoms with Gasteiger partial charge >= 0.3 is 0 Å². The summed E-state index contributed by atoms with van der Waals surface area (Å²) >= 11 is 0. The number of likely N-dealkylation sites (N-methyl/N-ethyl adjacent to an activating group) is 1. The summed E-state index contributed by atoms with van der Waals surface area (Å²) in [7, 11) is 4.14. The zero-order chi connectivity index (χ0) is 15.4. The second-order valence-electron chi connectivity index (χ2n) is 5.72. The van der Waals surface area contributed by atoms with E-state index in [9.17, 15) is 4.79 Å². The maximum absolute atomic E-state index is 12.4. The molecule has 2 atom stereocenters. The van der Waals surface area contributed by atoms with Crippen molar-refractivity contribution in [1.82, 2.24) is 9.80 Å². The van der Waals surface area contributed by atoms with E-state index < -0.39 is 0 Å². The summed E-state index contributed by atoms with van der Waals surface area (Å²) in [6, 6.07) is 9.49. The molecule has 0 aliphatic carbocycles. The van der Waals surface area contributed by atoms with Gasteiger partial charge in [-0.05, 0) is 39.6 Å². The Hall–Kier alpha value is -1.90. The van der Waals surface area contributed by atoms with Crippen molar-refractivity contribution in [2.24, 2.45) is 0 Å². The van der Waals surface area contributed by atoms with E-state index >= 15 is 0 Å². The average molecular weight is 286 g/mol. The third kappa shape index (κ3) is 3.60. The van der Waals surface area contributed by atoms with E-state index in [1.165, 1.54) is 0 Å². The molecule has 1 aromatic carbocycles. The number of benzene rings is 1. The zero-order valence-corrected chi connectivity index (χ0v) is 12.8. The first-order valence-electron chi connectivity index (χ1n) is 7.23. The molecule has 2 unspecified atom stereocenters. The number of carbonyl (C=O) groups excluding carboxylic acids is 1. The molecule has 1 amide bonds. The molecule has 1 heterocycles. The minimum atomic E-state index is -0.193. The smallest absolute Gasteiger partial charge is 0.241 e. The number of nitrogens with one attached hydrogen (secondary N) is 1. The Balaban J connectivity index is 1.99. The Bertz CT molecular complexity index is 549. The predicted octanol–water partition coefficient (Wildman–Crippen LogP) is 1.52. The second-order valence-corrected chi connectivity index (χ2v) is 5.72. The standard InChI is InChI=1S/C16H22N4O/c1-12(20-9-8-14(11-20)19(2)3)16(21)18-15-7-5-4-6-13(15)10-17/h4-7,12,14H,8-9,11H2,1-3H3,(H,18,21). The quantitative estimate of drug-likeness (QED) is 0.911. The zero-order valence-electron chi connectivity index (χ0n) is 12.8. The third-order valence-corrected chi connectivity index (χ3v) is 4.16. The molecule has 1 N–H and O–H groups in total. The van der Waals surface area contributed by atoms with Crippen LogP contribution < -0.4 is 5.32 Å². The van der Waals surface area contributed by atoms with E-state index in [1.54, 1.807) is 18.2 Å². The van der Waals surface area contributed by atoms with E-state index in [0.29, 0.717) is 17.3 Å². The summed E-state index contributed by atoms with van der Waals surface area (Å²) in [5.41, 5.74) is 1.07. The lowest BCUT2D eigenvalue weighted by Crippen LogP contribution is -2.42. The summed E-state index contributed by atoms with van der Waals surface area (Å²) in [5.74, 6) is -0.0582. The molecule has 0 radical (unpaired) electrons. The van der Waals surface area contributed by atoms with Crippen LogP contribution in [-0.2, 0) is 4.79 Å². The maximum Gasteiger partial charge on any atom is 0.241 e. The summed E-state index contributed by atoms with van der Waals surface area (Å²) in [6.07, 6.45) is 1.08. The number of hydrogen-bond acceptors (Lipinski definition) is 4. The molecule has 1 aromatic rings. The fourth-order valence-corrected chi connectivity index (χ4v) is 2.63. The SMILES string of the molecule is CC(C(=O)Nc1ccccc1C#N)N1CCC(N(C)C)C1. The summed E-state index contributed by atoms with van der Waals surface area (Å²) in [6.45, 7) is 3.75. The van der Waals surface area contributed by atoms with Crippen LogP contribution in [0.25, 0.3) is 0 Å². The number of nitrogens with zero attached hydrogens (tertiary/aromatic N) is 3. The van der Waals surface area contributed by atoms with Gasteiger partial charge in [0.05, 0.1) is 17.3 Å². The summed E-state index contributed by atoms with van der Waals surface area (Å²) < 4.78 is 0. The van der Waals surface area contributed by atoms with Crippen LogP contribution in [-0.4, -0.2) is 55.0 Å². The first kappa shape index (κ1) is 15.5. The van der Waals surface area contributed by atoms with Crippen molar-refractivity contribution >= 4 is 11.6 Å². The molecule has 0 saturated carbocycles. The van der Waals surface area contributed by atoms with Crippen LogP contribution in [0.15, 0.2) is 24.3 Å². The fourth-order valence-electron chi connectivity index (χ4n) is 2.63. The van der Waals surface area contributed by atoms with Crippen LogP contribution in [0.2, 0.25) is 0 Å². The van der Waals surface area contributed by atoms with Gasteiger partial charge in [-0.1, -0.05) is 12.1 Å². The van der Waals surface area contributed by atoms with E-state index in [2.05, 4.69) is 35.3 Å².